The van der Waals surface area contributed by atoms with E-state index in [9.17, 15) is 18.0 Å². The predicted molar refractivity (Wildman–Crippen MR) is 64.0 cm³/mol. The first kappa shape index (κ1) is 14.8. The van der Waals surface area contributed by atoms with Gasteiger partial charge in [0.05, 0.1) is 18.5 Å². The molecule has 0 atom stereocenters. The van der Waals surface area contributed by atoms with Crippen LogP contribution in [0.3, 0.4) is 0 Å². The molecule has 0 aliphatic heterocycles. The Bertz CT molecular complexity index is 507. The van der Waals surface area contributed by atoms with Crippen LogP contribution < -0.4 is 5.32 Å². The molecule has 1 aromatic rings. The lowest BCUT2D eigenvalue weighted by Crippen LogP contribution is -2.44. The Morgan fingerprint density at radius 3 is 2.70 bits per heavy atom. The number of ether oxygens (including phenoxy) is 1. The molecule has 0 spiro atoms. The first-order valence-corrected chi connectivity index (χ1v) is 6.30. The van der Waals surface area contributed by atoms with E-state index in [-0.39, 0.29) is 31.6 Å². The van der Waals surface area contributed by atoms with Gasteiger partial charge >= 0.3 is 12.1 Å². The van der Waals surface area contributed by atoms with Crippen molar-refractivity contribution >= 4 is 5.97 Å². The van der Waals surface area contributed by atoms with Gasteiger partial charge in [0.2, 0.25) is 0 Å². The molecule has 0 aromatic carbocycles. The van der Waals surface area contributed by atoms with Crippen LogP contribution in [0.2, 0.25) is 0 Å². The van der Waals surface area contributed by atoms with E-state index in [2.05, 4.69) is 10.4 Å². The van der Waals surface area contributed by atoms with Crippen molar-refractivity contribution < 1.29 is 22.7 Å². The summed E-state index contributed by atoms with van der Waals surface area (Å²) in [5, 5.41) is 6.39. The van der Waals surface area contributed by atoms with Crippen LogP contribution in [-0.4, -0.2) is 34.1 Å². The summed E-state index contributed by atoms with van der Waals surface area (Å²) in [4.78, 5) is 11.7. The maximum absolute atomic E-state index is 12.8. The van der Waals surface area contributed by atoms with Gasteiger partial charge in [-0.25, -0.2) is 4.79 Å². The van der Waals surface area contributed by atoms with Gasteiger partial charge in [-0.1, -0.05) is 0 Å². The van der Waals surface area contributed by atoms with Gasteiger partial charge in [-0.15, -0.1) is 0 Å². The molecule has 1 aromatic heterocycles. The minimum absolute atomic E-state index is 0.0586. The summed E-state index contributed by atoms with van der Waals surface area (Å²) in [6.07, 6.45) is -2.86. The SMILES string of the molecule is CCOC(=O)c1cnn(C)c1CNC1(C(F)(F)F)CC1. The van der Waals surface area contributed by atoms with Crippen molar-refractivity contribution in [3.05, 3.63) is 17.5 Å². The Morgan fingerprint density at radius 1 is 1.55 bits per heavy atom. The molecule has 20 heavy (non-hydrogen) atoms. The van der Waals surface area contributed by atoms with Crippen LogP contribution in [0.1, 0.15) is 35.8 Å². The molecule has 1 aliphatic carbocycles. The summed E-state index contributed by atoms with van der Waals surface area (Å²) >= 11 is 0. The van der Waals surface area contributed by atoms with Gasteiger partial charge in [0.15, 0.2) is 0 Å². The Balaban J connectivity index is 2.11. The van der Waals surface area contributed by atoms with Gasteiger partial charge in [-0.05, 0) is 19.8 Å². The Kier molecular flexibility index (Phi) is 3.77. The van der Waals surface area contributed by atoms with Crippen molar-refractivity contribution in [2.45, 2.75) is 38.0 Å². The molecule has 0 radical (unpaired) electrons. The third-order valence-corrected chi connectivity index (χ3v) is 3.44. The zero-order valence-electron chi connectivity index (χ0n) is 11.3. The number of esters is 1. The molecular weight excluding hydrogens is 275 g/mol. The highest BCUT2D eigenvalue weighted by atomic mass is 19.4. The highest BCUT2D eigenvalue weighted by Crippen LogP contribution is 2.49. The number of alkyl halides is 3. The summed E-state index contributed by atoms with van der Waals surface area (Å²) in [6.45, 7) is 1.78. The number of halogens is 3. The molecule has 0 saturated heterocycles. The molecule has 1 fully saturated rings. The molecule has 0 bridgehead atoms. The summed E-state index contributed by atoms with van der Waals surface area (Å²) in [6, 6.07) is 0. The largest absolute Gasteiger partial charge is 0.462 e. The van der Waals surface area contributed by atoms with E-state index in [0.717, 1.165) is 0 Å². The maximum Gasteiger partial charge on any atom is 0.406 e. The van der Waals surface area contributed by atoms with Crippen molar-refractivity contribution in [2.24, 2.45) is 7.05 Å². The lowest BCUT2D eigenvalue weighted by atomic mass is 10.2. The van der Waals surface area contributed by atoms with Gasteiger partial charge in [0.1, 0.15) is 11.1 Å². The zero-order valence-corrected chi connectivity index (χ0v) is 11.3. The number of rotatable bonds is 5. The fourth-order valence-electron chi connectivity index (χ4n) is 1.99. The van der Waals surface area contributed by atoms with E-state index in [1.807, 2.05) is 0 Å². The quantitative estimate of drug-likeness (QED) is 0.840. The number of hydrogen-bond acceptors (Lipinski definition) is 4. The summed E-state index contributed by atoms with van der Waals surface area (Å²) < 4.78 is 44.7. The molecule has 5 nitrogen and oxygen atoms in total. The number of aryl methyl sites for hydroxylation is 1. The van der Waals surface area contributed by atoms with Gasteiger partial charge in [-0.2, -0.15) is 18.3 Å². The van der Waals surface area contributed by atoms with E-state index >= 15 is 0 Å². The van der Waals surface area contributed by atoms with E-state index in [1.165, 1.54) is 10.9 Å². The van der Waals surface area contributed by atoms with Crippen LogP contribution in [0, 0.1) is 0 Å². The highest BCUT2D eigenvalue weighted by Gasteiger charge is 2.63. The van der Waals surface area contributed by atoms with Crippen LogP contribution in [0.25, 0.3) is 0 Å². The predicted octanol–water partition coefficient (Wildman–Crippen LogP) is 1.78. The second-order valence-corrected chi connectivity index (χ2v) is 4.78. The normalized spacial score (nSPS) is 17.1. The summed E-state index contributed by atoms with van der Waals surface area (Å²) in [5.41, 5.74) is -1.23. The van der Waals surface area contributed by atoms with Crippen molar-refractivity contribution in [2.75, 3.05) is 6.61 Å². The monoisotopic (exact) mass is 291 g/mol. The van der Waals surface area contributed by atoms with Crippen molar-refractivity contribution in [1.29, 1.82) is 0 Å². The van der Waals surface area contributed by atoms with Gasteiger partial charge in [0.25, 0.3) is 0 Å². The molecule has 1 N–H and O–H groups in total. The fraction of sp³-hybridized carbons (Fsp3) is 0.667. The van der Waals surface area contributed by atoms with Crippen LogP contribution in [0.5, 0.6) is 0 Å². The van der Waals surface area contributed by atoms with Gasteiger partial charge in [-0.3, -0.25) is 10.00 Å². The highest BCUT2D eigenvalue weighted by molar-refractivity contribution is 5.90. The molecule has 0 amide bonds. The molecular formula is C12H16F3N3O2. The lowest BCUT2D eigenvalue weighted by molar-refractivity contribution is -0.166. The average Bonchev–Trinajstić information content (AvgIpc) is 3.06. The first-order chi connectivity index (χ1) is 9.31. The molecule has 2 rings (SSSR count). The molecule has 0 unspecified atom stereocenters. The van der Waals surface area contributed by atoms with Crippen LogP contribution in [0.4, 0.5) is 13.2 Å². The van der Waals surface area contributed by atoms with E-state index in [4.69, 9.17) is 4.74 Å². The van der Waals surface area contributed by atoms with Crippen LogP contribution >= 0.6 is 0 Å². The number of aromatic nitrogens is 2. The van der Waals surface area contributed by atoms with E-state index < -0.39 is 17.7 Å². The molecule has 1 saturated carbocycles. The minimum Gasteiger partial charge on any atom is -0.462 e. The second kappa shape index (κ2) is 5.08. The molecule has 8 heteroatoms. The standard InChI is InChI=1S/C12H16F3N3O2/c1-3-20-10(19)8-6-17-18(2)9(8)7-16-11(4-5-11)12(13,14)15/h6,16H,3-5,7H2,1-2H3. The summed E-state index contributed by atoms with van der Waals surface area (Å²) in [5.74, 6) is -0.575. The van der Waals surface area contributed by atoms with E-state index in [1.54, 1.807) is 14.0 Å². The third-order valence-electron chi connectivity index (χ3n) is 3.44. The fourth-order valence-corrected chi connectivity index (χ4v) is 1.99. The number of carbonyl (C=O) groups excluding carboxylic acids is 1. The number of nitrogens with one attached hydrogen (secondary N) is 1. The molecule has 112 valence electrons. The number of nitrogens with zero attached hydrogens (tertiary/aromatic N) is 2. The average molecular weight is 291 g/mol. The Labute approximate surface area is 114 Å². The van der Waals surface area contributed by atoms with E-state index in [0.29, 0.717) is 5.69 Å². The smallest absolute Gasteiger partial charge is 0.406 e. The first-order valence-electron chi connectivity index (χ1n) is 6.30. The number of carbonyl (C=O) groups is 1. The number of hydrogen-bond donors (Lipinski definition) is 1. The summed E-state index contributed by atoms with van der Waals surface area (Å²) in [7, 11) is 1.58. The van der Waals surface area contributed by atoms with Crippen LogP contribution in [0.15, 0.2) is 6.20 Å². The second-order valence-electron chi connectivity index (χ2n) is 4.78. The van der Waals surface area contributed by atoms with Gasteiger partial charge < -0.3 is 4.74 Å². The van der Waals surface area contributed by atoms with Crippen molar-refractivity contribution in [3.63, 3.8) is 0 Å². The Hall–Kier alpha value is -1.57. The lowest BCUT2D eigenvalue weighted by Gasteiger charge is -2.21. The van der Waals surface area contributed by atoms with Crippen molar-refractivity contribution in [3.8, 4) is 0 Å². The third kappa shape index (κ3) is 2.65. The molecule has 1 heterocycles. The zero-order chi connectivity index (χ0) is 15.0. The maximum atomic E-state index is 12.8. The van der Waals surface area contributed by atoms with Crippen LogP contribution in [-0.2, 0) is 18.3 Å². The van der Waals surface area contributed by atoms with Gasteiger partial charge in [0, 0.05) is 13.6 Å². The Morgan fingerprint density at radius 2 is 2.20 bits per heavy atom. The topological polar surface area (TPSA) is 56.1 Å². The molecule has 1 aliphatic rings. The van der Waals surface area contributed by atoms with Crippen molar-refractivity contribution in [1.82, 2.24) is 15.1 Å². The minimum atomic E-state index is -4.28.